The molecule has 0 amide bonds. The molecule has 0 aliphatic carbocycles. The predicted octanol–water partition coefficient (Wildman–Crippen LogP) is 2.02. The zero-order chi connectivity index (χ0) is 9.59. The van der Waals surface area contributed by atoms with Gasteiger partial charge < -0.3 is 10.6 Å². The lowest BCUT2D eigenvalue weighted by atomic mass is 10.1. The third-order valence-corrected chi connectivity index (χ3v) is 2.34. The number of nitrogen functional groups attached to an aromatic ring is 1. The highest BCUT2D eigenvalue weighted by molar-refractivity contribution is 6.31. The van der Waals surface area contributed by atoms with E-state index >= 15 is 0 Å². The van der Waals surface area contributed by atoms with E-state index < -0.39 is 5.82 Å². The minimum Gasteiger partial charge on any atom is -0.405 e. The zero-order valence-corrected chi connectivity index (χ0v) is 7.65. The molecule has 2 rings (SSSR count). The molecule has 0 radical (unpaired) electrons. The maximum Gasteiger partial charge on any atom is 0.179 e. The molecule has 5 heteroatoms. The van der Waals surface area contributed by atoms with E-state index in [0.29, 0.717) is 16.3 Å². The van der Waals surface area contributed by atoms with Crippen LogP contribution in [-0.4, -0.2) is 0 Å². The molecule has 0 spiro atoms. The molecule has 13 heavy (non-hydrogen) atoms. The van der Waals surface area contributed by atoms with E-state index in [1.807, 2.05) is 6.92 Å². The van der Waals surface area contributed by atoms with E-state index in [1.165, 1.54) is 6.07 Å². The number of halogens is 2. The number of rotatable bonds is 0. The molecule has 0 saturated heterocycles. The van der Waals surface area contributed by atoms with Gasteiger partial charge in [0.2, 0.25) is 0 Å². The summed E-state index contributed by atoms with van der Waals surface area (Å²) in [6, 6.07) is 1.13. The standard InChI is InChI=1S/C8H8ClFN2O/c1-3-6-4(9)2-5(10)7(11)8(6)13-12-3/h2-3,12H,11H2,1H3. The van der Waals surface area contributed by atoms with E-state index in [0.717, 1.165) is 0 Å². The number of hydrogen-bond acceptors (Lipinski definition) is 3. The molecular formula is C8H8ClFN2O. The highest BCUT2D eigenvalue weighted by Crippen LogP contribution is 2.41. The Bertz CT molecular complexity index is 370. The predicted molar refractivity (Wildman–Crippen MR) is 48.0 cm³/mol. The van der Waals surface area contributed by atoms with Crippen molar-refractivity contribution in [1.82, 2.24) is 5.48 Å². The van der Waals surface area contributed by atoms with Crippen LogP contribution in [0.3, 0.4) is 0 Å². The van der Waals surface area contributed by atoms with Crippen molar-refractivity contribution in [2.75, 3.05) is 5.73 Å². The minimum absolute atomic E-state index is 0.00347. The molecule has 0 aromatic heterocycles. The number of anilines is 1. The van der Waals surface area contributed by atoms with Crippen LogP contribution in [0.1, 0.15) is 18.5 Å². The van der Waals surface area contributed by atoms with Crippen molar-refractivity contribution in [3.63, 3.8) is 0 Å². The van der Waals surface area contributed by atoms with Gasteiger partial charge in [0, 0.05) is 5.56 Å². The highest BCUT2D eigenvalue weighted by Gasteiger charge is 2.27. The Labute approximate surface area is 79.6 Å². The molecule has 1 aliphatic rings. The smallest absolute Gasteiger partial charge is 0.179 e. The summed E-state index contributed by atoms with van der Waals surface area (Å²) in [7, 11) is 0. The van der Waals surface area contributed by atoms with Crippen LogP contribution >= 0.6 is 11.6 Å². The van der Waals surface area contributed by atoms with Crippen molar-refractivity contribution in [1.29, 1.82) is 0 Å². The van der Waals surface area contributed by atoms with Crippen molar-refractivity contribution in [2.45, 2.75) is 13.0 Å². The van der Waals surface area contributed by atoms with Crippen LogP contribution in [-0.2, 0) is 0 Å². The van der Waals surface area contributed by atoms with Gasteiger partial charge in [0.15, 0.2) is 11.6 Å². The van der Waals surface area contributed by atoms with Crippen LogP contribution in [0.2, 0.25) is 5.02 Å². The Balaban J connectivity index is 2.69. The molecule has 0 fully saturated rings. The van der Waals surface area contributed by atoms with Gasteiger partial charge >= 0.3 is 0 Å². The minimum atomic E-state index is -0.556. The van der Waals surface area contributed by atoms with Crippen LogP contribution in [0.4, 0.5) is 10.1 Å². The normalized spacial score (nSPS) is 19.8. The van der Waals surface area contributed by atoms with Crippen molar-refractivity contribution in [3.05, 3.63) is 22.5 Å². The first-order valence-electron chi connectivity index (χ1n) is 3.81. The van der Waals surface area contributed by atoms with Gasteiger partial charge in [0.1, 0.15) is 5.69 Å². The van der Waals surface area contributed by atoms with Crippen molar-refractivity contribution >= 4 is 17.3 Å². The second-order valence-electron chi connectivity index (χ2n) is 2.94. The summed E-state index contributed by atoms with van der Waals surface area (Å²) in [5.74, 6) is -0.253. The number of nitrogens with two attached hydrogens (primary N) is 1. The molecule has 1 aromatic carbocycles. The monoisotopic (exact) mass is 202 g/mol. The summed E-state index contributed by atoms with van der Waals surface area (Å²) in [5, 5.41) is 0.333. The summed E-state index contributed by atoms with van der Waals surface area (Å²) >= 11 is 5.83. The van der Waals surface area contributed by atoms with E-state index in [2.05, 4.69) is 5.48 Å². The van der Waals surface area contributed by atoms with E-state index in [1.54, 1.807) is 0 Å². The lowest BCUT2D eigenvalue weighted by Gasteiger charge is -2.05. The first-order valence-corrected chi connectivity index (χ1v) is 4.18. The first-order chi connectivity index (χ1) is 6.11. The average molecular weight is 203 g/mol. The largest absolute Gasteiger partial charge is 0.405 e. The van der Waals surface area contributed by atoms with E-state index in [9.17, 15) is 4.39 Å². The van der Waals surface area contributed by atoms with Crippen molar-refractivity contribution in [3.8, 4) is 5.75 Å². The maximum atomic E-state index is 13.0. The third-order valence-electron chi connectivity index (χ3n) is 2.03. The Kier molecular flexibility index (Phi) is 1.82. The van der Waals surface area contributed by atoms with Gasteiger partial charge in [-0.1, -0.05) is 11.6 Å². The molecule has 1 aromatic rings. The Morgan fingerprint density at radius 1 is 1.69 bits per heavy atom. The number of benzene rings is 1. The second kappa shape index (κ2) is 2.75. The number of nitrogens with one attached hydrogen (secondary N) is 1. The van der Waals surface area contributed by atoms with E-state index in [4.69, 9.17) is 22.2 Å². The molecule has 70 valence electrons. The van der Waals surface area contributed by atoms with Crippen LogP contribution < -0.4 is 16.1 Å². The number of hydroxylamine groups is 1. The average Bonchev–Trinajstić information content (AvgIpc) is 2.44. The number of fused-ring (bicyclic) bond motifs is 1. The summed E-state index contributed by atoms with van der Waals surface area (Å²) < 4.78 is 13.0. The van der Waals surface area contributed by atoms with Gasteiger partial charge in [-0.2, -0.15) is 0 Å². The van der Waals surface area contributed by atoms with Crippen molar-refractivity contribution in [2.24, 2.45) is 0 Å². The molecule has 1 aliphatic heterocycles. The van der Waals surface area contributed by atoms with Crippen LogP contribution in [0.25, 0.3) is 0 Å². The Hall–Kier alpha value is -1.000. The van der Waals surface area contributed by atoms with Gasteiger partial charge in [-0.25, -0.2) is 4.39 Å². The molecule has 1 unspecified atom stereocenters. The van der Waals surface area contributed by atoms with Crippen LogP contribution in [0, 0.1) is 5.82 Å². The van der Waals surface area contributed by atoms with Crippen LogP contribution in [0.5, 0.6) is 5.75 Å². The van der Waals surface area contributed by atoms with Crippen LogP contribution in [0.15, 0.2) is 6.07 Å². The zero-order valence-electron chi connectivity index (χ0n) is 6.90. The highest BCUT2D eigenvalue weighted by atomic mass is 35.5. The third kappa shape index (κ3) is 1.14. The first kappa shape index (κ1) is 8.59. The topological polar surface area (TPSA) is 47.3 Å². The molecule has 1 heterocycles. The molecule has 3 N–H and O–H groups in total. The van der Waals surface area contributed by atoms with Gasteiger partial charge in [-0.05, 0) is 13.0 Å². The lowest BCUT2D eigenvalue weighted by molar-refractivity contribution is 0.201. The maximum absolute atomic E-state index is 13.0. The number of hydrogen-bond donors (Lipinski definition) is 2. The summed E-state index contributed by atoms with van der Waals surface area (Å²) in [4.78, 5) is 5.00. The molecule has 3 nitrogen and oxygen atoms in total. The molecular weight excluding hydrogens is 195 g/mol. The Morgan fingerprint density at radius 2 is 2.38 bits per heavy atom. The molecule has 0 bridgehead atoms. The van der Waals surface area contributed by atoms with Gasteiger partial charge in [-0.3, -0.25) is 0 Å². The summed E-state index contributed by atoms with van der Waals surface area (Å²) in [6.07, 6.45) is 0. The fourth-order valence-electron chi connectivity index (χ4n) is 1.35. The summed E-state index contributed by atoms with van der Waals surface area (Å²) in [6.45, 7) is 1.86. The van der Waals surface area contributed by atoms with Gasteiger partial charge in [0.05, 0.1) is 11.1 Å². The quantitative estimate of drug-likeness (QED) is 0.633. The van der Waals surface area contributed by atoms with E-state index in [-0.39, 0.29) is 11.7 Å². The second-order valence-corrected chi connectivity index (χ2v) is 3.35. The van der Waals surface area contributed by atoms with Gasteiger partial charge in [0.25, 0.3) is 0 Å². The Morgan fingerprint density at radius 3 is 3.08 bits per heavy atom. The molecule has 0 saturated carbocycles. The summed E-state index contributed by atoms with van der Waals surface area (Å²) in [5.41, 5.74) is 8.83. The molecule has 1 atom stereocenters. The SMILES string of the molecule is CC1NOc2c(N)c(F)cc(Cl)c21. The lowest BCUT2D eigenvalue weighted by Crippen LogP contribution is -2.13. The fraction of sp³-hybridized carbons (Fsp3) is 0.250. The fourth-order valence-corrected chi connectivity index (χ4v) is 1.69. The van der Waals surface area contributed by atoms with Crippen molar-refractivity contribution < 1.29 is 9.23 Å². The van der Waals surface area contributed by atoms with Gasteiger partial charge in [-0.15, -0.1) is 5.48 Å².